The molecule has 2 rings (SSSR count). The molecular formula is C13H16N5O2-. The predicted octanol–water partition coefficient (Wildman–Crippen LogP) is 2.37. The molecule has 7 heteroatoms. The number of nitrogens with one attached hydrogen (secondary N) is 1. The average Bonchev–Trinajstić information content (AvgIpc) is 2.98. The highest BCUT2D eigenvalue weighted by molar-refractivity contribution is 5.44. The predicted molar refractivity (Wildman–Crippen MR) is 74.2 cm³/mol. The monoisotopic (exact) mass is 274 g/mol. The highest BCUT2D eigenvalue weighted by Gasteiger charge is 2.05. The Bertz CT molecular complexity index is 542. The van der Waals surface area contributed by atoms with E-state index in [1.54, 1.807) is 6.08 Å². The fourth-order valence-electron chi connectivity index (χ4n) is 1.57. The Balaban J connectivity index is 2.05. The zero-order valence-corrected chi connectivity index (χ0v) is 11.2. The summed E-state index contributed by atoms with van der Waals surface area (Å²) in [5, 5.41) is 17.5. The fraction of sp³-hybridized carbons (Fsp3) is 0.308. The molecule has 0 radical (unpaired) electrons. The van der Waals surface area contributed by atoms with E-state index in [1.165, 1.54) is 0 Å². The van der Waals surface area contributed by atoms with Crippen LogP contribution in [0.3, 0.4) is 0 Å². The van der Waals surface area contributed by atoms with Crippen LogP contribution in [0.25, 0.3) is 5.32 Å². The molecule has 0 unspecified atom stereocenters. The third kappa shape index (κ3) is 3.71. The van der Waals surface area contributed by atoms with Crippen LogP contribution in [-0.4, -0.2) is 33.8 Å². The molecule has 1 N–H and O–H groups in total. The van der Waals surface area contributed by atoms with Gasteiger partial charge in [0.1, 0.15) is 6.61 Å². The van der Waals surface area contributed by atoms with Crippen LogP contribution >= 0.6 is 0 Å². The number of aromatic amines is 1. The molecule has 0 saturated heterocycles. The lowest BCUT2D eigenvalue weighted by Crippen LogP contribution is -1.99. The van der Waals surface area contributed by atoms with E-state index in [2.05, 4.69) is 32.5 Å². The van der Waals surface area contributed by atoms with E-state index in [0.717, 1.165) is 5.56 Å². The summed E-state index contributed by atoms with van der Waals surface area (Å²) in [6.07, 6.45) is 1.69. The van der Waals surface area contributed by atoms with E-state index in [0.29, 0.717) is 37.2 Å². The molecule has 0 spiro atoms. The topological polar surface area (TPSA) is 87.0 Å². The van der Waals surface area contributed by atoms with Crippen molar-refractivity contribution in [2.45, 2.75) is 13.5 Å². The molecule has 20 heavy (non-hydrogen) atoms. The van der Waals surface area contributed by atoms with Gasteiger partial charge in [-0.15, -0.1) is 5.21 Å². The minimum absolute atomic E-state index is 0.329. The van der Waals surface area contributed by atoms with Crippen LogP contribution in [0.4, 0.5) is 5.95 Å². The van der Waals surface area contributed by atoms with Crippen molar-refractivity contribution in [3.8, 4) is 11.5 Å². The second-order valence-corrected chi connectivity index (χ2v) is 3.84. The largest absolute Gasteiger partial charge is 0.490 e. The lowest BCUT2D eigenvalue weighted by molar-refractivity contribution is 0.296. The lowest BCUT2D eigenvalue weighted by Gasteiger charge is -2.13. The smallest absolute Gasteiger partial charge is 0.161 e. The third-order valence-corrected chi connectivity index (χ3v) is 2.40. The Morgan fingerprint density at radius 3 is 2.95 bits per heavy atom. The molecule has 0 saturated carbocycles. The van der Waals surface area contributed by atoms with Crippen molar-refractivity contribution in [2.75, 3.05) is 13.2 Å². The van der Waals surface area contributed by atoms with E-state index >= 15 is 0 Å². The Morgan fingerprint density at radius 2 is 2.25 bits per heavy atom. The number of aromatic nitrogens is 4. The molecule has 1 aromatic heterocycles. The number of rotatable bonds is 8. The van der Waals surface area contributed by atoms with Crippen molar-refractivity contribution in [1.29, 1.82) is 0 Å². The number of H-pyrrole nitrogens is 1. The molecule has 0 bridgehead atoms. The number of tetrazole rings is 1. The first-order chi connectivity index (χ1) is 9.83. The van der Waals surface area contributed by atoms with Crippen LogP contribution in [-0.2, 0) is 6.54 Å². The van der Waals surface area contributed by atoms with Crippen LogP contribution in [0, 0.1) is 0 Å². The molecule has 1 aromatic carbocycles. The number of nitrogens with zero attached hydrogens (tertiary/aromatic N) is 4. The molecule has 0 fully saturated rings. The standard InChI is InChI=1S/C13H16N5O2/c1-3-7-20-11-6-5-10(8-12(11)19-4-2)9-14-13-15-17-18-16-13/h3,5-6,8H,1,4,7,9H2,2H3,(H-,14,15,16,17,18)/q-1. The first-order valence-electron chi connectivity index (χ1n) is 6.24. The normalized spacial score (nSPS) is 10.1. The zero-order chi connectivity index (χ0) is 14.2. The minimum atomic E-state index is 0.329. The van der Waals surface area contributed by atoms with Crippen molar-refractivity contribution < 1.29 is 9.47 Å². The van der Waals surface area contributed by atoms with Crippen LogP contribution in [0.15, 0.2) is 30.9 Å². The fourth-order valence-corrected chi connectivity index (χ4v) is 1.57. The number of benzene rings is 1. The average molecular weight is 274 g/mol. The maximum Gasteiger partial charge on any atom is 0.161 e. The van der Waals surface area contributed by atoms with Gasteiger partial charge in [-0.3, -0.25) is 15.4 Å². The third-order valence-electron chi connectivity index (χ3n) is 2.40. The lowest BCUT2D eigenvalue weighted by atomic mass is 10.2. The van der Waals surface area contributed by atoms with Crippen molar-refractivity contribution in [3.05, 3.63) is 41.7 Å². The summed E-state index contributed by atoms with van der Waals surface area (Å²) in [6.45, 7) is 7.00. The summed E-state index contributed by atoms with van der Waals surface area (Å²) in [5.41, 5.74) is 0.976. The molecule has 2 aromatic rings. The highest BCUT2D eigenvalue weighted by Crippen LogP contribution is 2.29. The van der Waals surface area contributed by atoms with Crippen molar-refractivity contribution in [1.82, 2.24) is 20.6 Å². The van der Waals surface area contributed by atoms with Gasteiger partial charge in [-0.05, 0) is 24.6 Å². The number of ether oxygens (including phenoxy) is 2. The summed E-state index contributed by atoms with van der Waals surface area (Å²) in [4.78, 5) is 0. The number of hydrogen-bond acceptors (Lipinski definition) is 5. The summed E-state index contributed by atoms with van der Waals surface area (Å²) in [6, 6.07) is 5.67. The summed E-state index contributed by atoms with van der Waals surface area (Å²) >= 11 is 0. The van der Waals surface area contributed by atoms with E-state index in [9.17, 15) is 0 Å². The van der Waals surface area contributed by atoms with Crippen molar-refractivity contribution >= 4 is 5.95 Å². The molecule has 1 heterocycles. The maximum atomic E-state index is 5.56. The molecular weight excluding hydrogens is 258 g/mol. The van der Waals surface area contributed by atoms with Gasteiger partial charge in [-0.25, -0.2) is 0 Å². The van der Waals surface area contributed by atoms with Gasteiger partial charge in [0.05, 0.1) is 12.6 Å². The van der Waals surface area contributed by atoms with Gasteiger partial charge in [0, 0.05) is 6.54 Å². The van der Waals surface area contributed by atoms with Gasteiger partial charge in [-0.1, -0.05) is 18.7 Å². The minimum Gasteiger partial charge on any atom is -0.490 e. The summed E-state index contributed by atoms with van der Waals surface area (Å²) in [7, 11) is 0. The zero-order valence-electron chi connectivity index (χ0n) is 11.2. The maximum absolute atomic E-state index is 5.56. The molecule has 0 aliphatic carbocycles. The van der Waals surface area contributed by atoms with Crippen LogP contribution < -0.4 is 9.47 Å². The first kappa shape index (κ1) is 13.9. The van der Waals surface area contributed by atoms with E-state index < -0.39 is 0 Å². The molecule has 0 aliphatic heterocycles. The SMILES string of the molecule is C=CCOc1ccc(C[N-]c2nn[nH]n2)cc1OCC. The van der Waals surface area contributed by atoms with Gasteiger partial charge >= 0.3 is 0 Å². The Hall–Kier alpha value is -2.57. The van der Waals surface area contributed by atoms with E-state index in [-0.39, 0.29) is 0 Å². The second kappa shape index (κ2) is 7.13. The molecule has 106 valence electrons. The van der Waals surface area contributed by atoms with Gasteiger partial charge in [0.15, 0.2) is 11.5 Å². The Kier molecular flexibility index (Phi) is 4.94. The van der Waals surface area contributed by atoms with Crippen molar-refractivity contribution in [3.63, 3.8) is 0 Å². The number of hydrogen-bond donors (Lipinski definition) is 1. The highest BCUT2D eigenvalue weighted by atomic mass is 16.5. The Labute approximate surface area is 117 Å². The van der Waals surface area contributed by atoms with Gasteiger partial charge in [-0.2, -0.15) is 0 Å². The van der Waals surface area contributed by atoms with Gasteiger partial charge in [0.25, 0.3) is 0 Å². The molecule has 0 atom stereocenters. The molecule has 0 amide bonds. The van der Waals surface area contributed by atoms with Crippen LogP contribution in [0.1, 0.15) is 12.5 Å². The summed E-state index contributed by atoms with van der Waals surface area (Å²) in [5.74, 6) is 1.71. The molecule has 0 aliphatic rings. The van der Waals surface area contributed by atoms with Gasteiger partial charge in [0.2, 0.25) is 0 Å². The van der Waals surface area contributed by atoms with E-state index in [1.807, 2.05) is 25.1 Å². The van der Waals surface area contributed by atoms with Crippen LogP contribution in [0.2, 0.25) is 0 Å². The quantitative estimate of drug-likeness (QED) is 0.747. The summed E-state index contributed by atoms with van der Waals surface area (Å²) < 4.78 is 11.1. The molecule has 7 nitrogen and oxygen atoms in total. The first-order valence-corrected chi connectivity index (χ1v) is 6.24. The van der Waals surface area contributed by atoms with Gasteiger partial charge < -0.3 is 14.8 Å². The Morgan fingerprint density at radius 1 is 1.35 bits per heavy atom. The van der Waals surface area contributed by atoms with Crippen molar-refractivity contribution in [2.24, 2.45) is 0 Å². The van der Waals surface area contributed by atoms with E-state index in [4.69, 9.17) is 9.47 Å². The second-order valence-electron chi connectivity index (χ2n) is 3.84. The van der Waals surface area contributed by atoms with Crippen LogP contribution in [0.5, 0.6) is 11.5 Å².